The molecule has 0 aromatic heterocycles. The van der Waals surface area contributed by atoms with Crippen LogP contribution >= 0.6 is 0 Å². The fourth-order valence-electron chi connectivity index (χ4n) is 5.18. The fourth-order valence-corrected chi connectivity index (χ4v) is 5.18. The summed E-state index contributed by atoms with van der Waals surface area (Å²) in [5.74, 6) is -0.671. The number of amides is 2. The van der Waals surface area contributed by atoms with Crippen LogP contribution in [0.5, 0.6) is 0 Å². The highest BCUT2D eigenvalue weighted by molar-refractivity contribution is 5.78. The number of nitrogens with zero attached hydrogens (tertiary/aromatic N) is 1. The standard InChI is InChI=1S/C29H39N3O7/c33-18-21-8-10-22(11-9-21)26-15-25(17-32-14-2-3-24(32)19-34)38-29(39-26)23-12-6-20(7-13-23)16-30-27(35)4-1-5-28(36)31-37/h6-13,24-26,29,33-34,37H,1-5,14-19H2,(H,30,35)(H,31,36)/t24-,25+,26-,29-/m0/s1. The van der Waals surface area contributed by atoms with Gasteiger partial charge < -0.3 is 25.0 Å². The Morgan fingerprint density at radius 1 is 0.923 bits per heavy atom. The van der Waals surface area contributed by atoms with Crippen molar-refractivity contribution in [3.63, 3.8) is 0 Å². The topological polar surface area (TPSA) is 141 Å². The molecule has 10 nitrogen and oxygen atoms in total. The van der Waals surface area contributed by atoms with Crippen molar-refractivity contribution in [2.45, 2.75) is 76.2 Å². The fraction of sp³-hybridized carbons (Fsp3) is 0.517. The molecule has 2 fully saturated rings. The van der Waals surface area contributed by atoms with Crippen molar-refractivity contribution in [2.75, 3.05) is 19.7 Å². The molecule has 2 heterocycles. The Hall–Kier alpha value is -2.86. The molecule has 0 radical (unpaired) electrons. The molecule has 2 aliphatic heterocycles. The molecule has 4 rings (SSSR count). The molecule has 2 saturated heterocycles. The van der Waals surface area contributed by atoms with Crippen LogP contribution in [0.15, 0.2) is 48.5 Å². The number of aliphatic hydroxyl groups is 2. The second-order valence-electron chi connectivity index (χ2n) is 10.2. The Morgan fingerprint density at radius 3 is 2.31 bits per heavy atom. The molecule has 5 N–H and O–H groups in total. The monoisotopic (exact) mass is 541 g/mol. The van der Waals surface area contributed by atoms with Crippen molar-refractivity contribution in [3.05, 3.63) is 70.8 Å². The number of rotatable bonds is 12. The second-order valence-corrected chi connectivity index (χ2v) is 10.2. The van der Waals surface area contributed by atoms with Gasteiger partial charge in [-0.15, -0.1) is 0 Å². The number of hydrogen-bond acceptors (Lipinski definition) is 8. The maximum atomic E-state index is 12.1. The minimum Gasteiger partial charge on any atom is -0.395 e. The predicted molar refractivity (Wildman–Crippen MR) is 142 cm³/mol. The summed E-state index contributed by atoms with van der Waals surface area (Å²) < 4.78 is 12.8. The minimum absolute atomic E-state index is 0.00859. The van der Waals surface area contributed by atoms with Crippen molar-refractivity contribution < 1.29 is 34.5 Å². The average molecular weight is 542 g/mol. The van der Waals surface area contributed by atoms with Gasteiger partial charge in [-0.3, -0.25) is 19.7 Å². The summed E-state index contributed by atoms with van der Waals surface area (Å²) in [6, 6.07) is 15.7. The summed E-state index contributed by atoms with van der Waals surface area (Å²) in [4.78, 5) is 25.4. The highest BCUT2D eigenvalue weighted by Gasteiger charge is 2.35. The van der Waals surface area contributed by atoms with Crippen molar-refractivity contribution in [1.29, 1.82) is 0 Å². The normalized spacial score (nSPS) is 23.5. The Bertz CT molecular complexity index is 1060. The molecular weight excluding hydrogens is 502 g/mol. The third-order valence-electron chi connectivity index (χ3n) is 7.44. The van der Waals surface area contributed by atoms with E-state index in [0.29, 0.717) is 19.4 Å². The number of nitrogens with one attached hydrogen (secondary N) is 2. The van der Waals surface area contributed by atoms with Gasteiger partial charge in [0.2, 0.25) is 11.8 Å². The molecule has 212 valence electrons. The summed E-state index contributed by atoms with van der Waals surface area (Å²) >= 11 is 0. The number of benzene rings is 2. The molecule has 0 aliphatic carbocycles. The number of ether oxygens (including phenoxy) is 2. The summed E-state index contributed by atoms with van der Waals surface area (Å²) in [6.45, 7) is 2.17. The molecule has 0 saturated carbocycles. The Balaban J connectivity index is 1.39. The molecule has 2 aromatic carbocycles. The zero-order chi connectivity index (χ0) is 27.6. The van der Waals surface area contributed by atoms with E-state index < -0.39 is 12.2 Å². The molecule has 2 amide bonds. The van der Waals surface area contributed by atoms with Gasteiger partial charge in [0.15, 0.2) is 6.29 Å². The first-order valence-corrected chi connectivity index (χ1v) is 13.6. The first-order valence-electron chi connectivity index (χ1n) is 13.6. The van der Waals surface area contributed by atoms with Gasteiger partial charge in [0.1, 0.15) is 0 Å². The SMILES string of the molecule is O=C(CCCC(=O)NCc1ccc([C@H]2O[C@@H](CN3CCC[C@H]3CO)C[C@@H](c3ccc(CO)cc3)O2)cc1)NO. The maximum Gasteiger partial charge on any atom is 0.243 e. The van der Waals surface area contributed by atoms with E-state index in [2.05, 4.69) is 10.2 Å². The van der Waals surface area contributed by atoms with E-state index in [1.54, 1.807) is 5.48 Å². The second kappa shape index (κ2) is 14.5. The molecular formula is C29H39N3O7. The highest BCUT2D eigenvalue weighted by atomic mass is 16.7. The number of likely N-dealkylation sites (tertiary alicyclic amines) is 1. The lowest BCUT2D eigenvalue weighted by molar-refractivity contribution is -0.253. The van der Waals surface area contributed by atoms with E-state index in [0.717, 1.165) is 48.2 Å². The van der Waals surface area contributed by atoms with Crippen molar-refractivity contribution in [1.82, 2.24) is 15.7 Å². The Kier molecular flexibility index (Phi) is 10.8. The van der Waals surface area contributed by atoms with Gasteiger partial charge in [0.25, 0.3) is 0 Å². The van der Waals surface area contributed by atoms with Crippen LogP contribution < -0.4 is 10.8 Å². The predicted octanol–water partition coefficient (Wildman–Crippen LogP) is 2.47. The maximum absolute atomic E-state index is 12.1. The van der Waals surface area contributed by atoms with E-state index in [1.165, 1.54) is 0 Å². The van der Waals surface area contributed by atoms with Gasteiger partial charge in [-0.1, -0.05) is 48.5 Å². The Morgan fingerprint density at radius 2 is 1.62 bits per heavy atom. The van der Waals surface area contributed by atoms with E-state index in [9.17, 15) is 19.8 Å². The zero-order valence-electron chi connectivity index (χ0n) is 22.1. The molecule has 0 spiro atoms. The number of carbonyl (C=O) groups is 2. The van der Waals surface area contributed by atoms with Crippen molar-refractivity contribution >= 4 is 11.8 Å². The lowest BCUT2D eigenvalue weighted by Crippen LogP contribution is -2.42. The lowest BCUT2D eigenvalue weighted by Gasteiger charge is -2.38. The number of hydroxylamine groups is 1. The number of hydrogen-bond donors (Lipinski definition) is 5. The Labute approximate surface area is 228 Å². The molecule has 2 aliphatic rings. The summed E-state index contributed by atoms with van der Waals surface area (Å²) in [5.41, 5.74) is 5.23. The third-order valence-corrected chi connectivity index (χ3v) is 7.44. The van der Waals surface area contributed by atoms with Crippen LogP contribution in [0.2, 0.25) is 0 Å². The third kappa shape index (κ3) is 8.31. The van der Waals surface area contributed by atoms with Crippen molar-refractivity contribution in [2.24, 2.45) is 0 Å². The first kappa shape index (κ1) is 29.1. The van der Waals surface area contributed by atoms with Gasteiger partial charge in [-0.25, -0.2) is 5.48 Å². The van der Waals surface area contributed by atoms with Crippen LogP contribution in [-0.4, -0.2) is 64.0 Å². The van der Waals surface area contributed by atoms with Gasteiger partial charge in [-0.05, 0) is 42.5 Å². The molecule has 10 heteroatoms. The van der Waals surface area contributed by atoms with Crippen LogP contribution in [0.4, 0.5) is 0 Å². The number of carbonyl (C=O) groups excluding carboxylic acids is 2. The van der Waals surface area contributed by atoms with Crippen LogP contribution in [0.1, 0.15) is 73.2 Å². The van der Waals surface area contributed by atoms with Gasteiger partial charge in [0, 0.05) is 44.0 Å². The van der Waals surface area contributed by atoms with E-state index in [4.69, 9.17) is 14.7 Å². The first-order chi connectivity index (χ1) is 19.0. The largest absolute Gasteiger partial charge is 0.395 e. The molecule has 39 heavy (non-hydrogen) atoms. The number of aliphatic hydroxyl groups excluding tert-OH is 2. The van der Waals surface area contributed by atoms with Crippen LogP contribution in [-0.2, 0) is 32.2 Å². The summed E-state index contributed by atoms with van der Waals surface area (Å²) in [5, 5.41) is 30.6. The quantitative estimate of drug-likeness (QED) is 0.204. The van der Waals surface area contributed by atoms with E-state index in [-0.39, 0.29) is 50.2 Å². The smallest absolute Gasteiger partial charge is 0.243 e. The molecule has 4 atom stereocenters. The lowest BCUT2D eigenvalue weighted by atomic mass is 9.99. The van der Waals surface area contributed by atoms with Gasteiger partial charge in [-0.2, -0.15) is 0 Å². The van der Waals surface area contributed by atoms with E-state index >= 15 is 0 Å². The summed E-state index contributed by atoms with van der Waals surface area (Å²) in [6.07, 6.45) is 2.57. The van der Waals surface area contributed by atoms with Crippen LogP contribution in [0.3, 0.4) is 0 Å². The van der Waals surface area contributed by atoms with Crippen LogP contribution in [0.25, 0.3) is 0 Å². The van der Waals surface area contributed by atoms with E-state index in [1.807, 2.05) is 48.5 Å². The highest BCUT2D eigenvalue weighted by Crippen LogP contribution is 2.38. The van der Waals surface area contributed by atoms with Gasteiger partial charge in [0.05, 0.1) is 25.4 Å². The minimum atomic E-state index is -0.567. The summed E-state index contributed by atoms with van der Waals surface area (Å²) in [7, 11) is 0. The van der Waals surface area contributed by atoms with Gasteiger partial charge >= 0.3 is 0 Å². The average Bonchev–Trinajstić information content (AvgIpc) is 3.43. The molecule has 2 aromatic rings. The van der Waals surface area contributed by atoms with Crippen molar-refractivity contribution in [3.8, 4) is 0 Å². The molecule has 0 unspecified atom stereocenters. The van der Waals surface area contributed by atoms with Crippen LogP contribution in [0, 0.1) is 0 Å². The molecule has 0 bridgehead atoms. The zero-order valence-corrected chi connectivity index (χ0v) is 22.1.